The molecular formula is C23H34N4O. The minimum Gasteiger partial charge on any atom is -0.352 e. The van der Waals surface area contributed by atoms with Crippen molar-refractivity contribution in [2.75, 3.05) is 32.7 Å². The van der Waals surface area contributed by atoms with Crippen molar-refractivity contribution < 1.29 is 4.79 Å². The zero-order valence-electron chi connectivity index (χ0n) is 17.0. The molecule has 0 spiro atoms. The molecule has 1 aromatic rings. The predicted octanol–water partition coefficient (Wildman–Crippen LogP) is 3.30. The van der Waals surface area contributed by atoms with E-state index in [1.165, 1.54) is 37.7 Å². The number of hydrogen-bond donors (Lipinski definition) is 1. The summed E-state index contributed by atoms with van der Waals surface area (Å²) in [6, 6.07) is 10.4. The fourth-order valence-corrected chi connectivity index (χ4v) is 4.36. The van der Waals surface area contributed by atoms with Crippen molar-refractivity contribution in [2.24, 2.45) is 0 Å². The van der Waals surface area contributed by atoms with Crippen LogP contribution in [-0.4, -0.2) is 54.5 Å². The largest absolute Gasteiger partial charge is 0.352 e. The van der Waals surface area contributed by atoms with Gasteiger partial charge in [-0.05, 0) is 50.0 Å². The van der Waals surface area contributed by atoms with Crippen LogP contribution in [0.1, 0.15) is 62.5 Å². The molecule has 1 saturated carbocycles. The average Bonchev–Trinajstić information content (AvgIpc) is 2.89. The highest BCUT2D eigenvalue weighted by molar-refractivity contribution is 5.78. The van der Waals surface area contributed by atoms with E-state index in [1.54, 1.807) is 0 Å². The summed E-state index contributed by atoms with van der Waals surface area (Å²) in [5, 5.41) is 12.2. The van der Waals surface area contributed by atoms with Crippen LogP contribution >= 0.6 is 0 Å². The van der Waals surface area contributed by atoms with Crippen LogP contribution in [0.15, 0.2) is 24.3 Å². The van der Waals surface area contributed by atoms with Gasteiger partial charge in [-0.3, -0.25) is 14.6 Å². The predicted molar refractivity (Wildman–Crippen MR) is 112 cm³/mol. The van der Waals surface area contributed by atoms with Gasteiger partial charge in [0.05, 0.1) is 18.2 Å². The minimum absolute atomic E-state index is 0.200. The maximum absolute atomic E-state index is 12.5. The smallest absolute Gasteiger partial charge is 0.234 e. The molecule has 1 N–H and O–H groups in total. The van der Waals surface area contributed by atoms with Crippen molar-refractivity contribution in [3.63, 3.8) is 0 Å². The first-order valence-corrected chi connectivity index (χ1v) is 11.0. The number of hydrogen-bond acceptors (Lipinski definition) is 4. The van der Waals surface area contributed by atoms with Crippen LogP contribution in [0.3, 0.4) is 0 Å². The summed E-state index contributed by atoms with van der Waals surface area (Å²) in [5.74, 6) is 0.200. The first kappa shape index (κ1) is 20.8. The second-order valence-electron chi connectivity index (χ2n) is 8.32. The molecule has 28 heavy (non-hydrogen) atoms. The van der Waals surface area contributed by atoms with E-state index in [0.717, 1.165) is 52.0 Å². The summed E-state index contributed by atoms with van der Waals surface area (Å²) in [5.41, 5.74) is 1.95. The molecule has 1 aliphatic heterocycles. The topological polar surface area (TPSA) is 59.4 Å². The Morgan fingerprint density at radius 2 is 1.57 bits per heavy atom. The molecule has 0 unspecified atom stereocenters. The maximum atomic E-state index is 12.5. The van der Waals surface area contributed by atoms with Crippen LogP contribution < -0.4 is 5.32 Å². The zero-order chi connectivity index (χ0) is 19.6. The summed E-state index contributed by atoms with van der Waals surface area (Å²) in [7, 11) is 0. The van der Waals surface area contributed by atoms with Crippen LogP contribution in [0.2, 0.25) is 0 Å². The number of amides is 1. The van der Waals surface area contributed by atoms with E-state index < -0.39 is 0 Å². The van der Waals surface area contributed by atoms with Gasteiger partial charge < -0.3 is 5.32 Å². The number of carbonyl (C=O) groups is 1. The highest BCUT2D eigenvalue weighted by Crippen LogP contribution is 2.17. The molecule has 0 atom stereocenters. The fourth-order valence-electron chi connectivity index (χ4n) is 4.36. The number of nitrogens with zero attached hydrogens (tertiary/aromatic N) is 3. The normalized spacial score (nSPS) is 20.5. The lowest BCUT2D eigenvalue weighted by atomic mass is 9.97. The molecule has 1 aliphatic carbocycles. The Hall–Kier alpha value is -1.90. The highest BCUT2D eigenvalue weighted by Gasteiger charge is 2.19. The van der Waals surface area contributed by atoms with Gasteiger partial charge in [0.25, 0.3) is 0 Å². The molecule has 0 aromatic heterocycles. The van der Waals surface area contributed by atoms with Gasteiger partial charge in [0.1, 0.15) is 0 Å². The lowest BCUT2D eigenvalue weighted by molar-refractivity contribution is -0.123. The number of carbonyl (C=O) groups excluding carboxylic acids is 1. The second kappa shape index (κ2) is 11.2. The third kappa shape index (κ3) is 6.92. The highest BCUT2D eigenvalue weighted by atomic mass is 16.2. The summed E-state index contributed by atoms with van der Waals surface area (Å²) < 4.78 is 0. The van der Waals surface area contributed by atoms with E-state index >= 15 is 0 Å². The van der Waals surface area contributed by atoms with Crippen LogP contribution in [-0.2, 0) is 11.3 Å². The molecule has 2 aliphatic rings. The standard InChI is InChI=1S/C23H34N4O/c24-17-20-9-11-21(12-10-20)18-26-13-6-14-27(16-15-26)19-23(28)25-22-7-4-2-1-3-5-8-22/h9-12,22H,1-8,13-16,18-19H2,(H,25,28). The molecule has 1 heterocycles. The quantitative estimate of drug-likeness (QED) is 0.849. The van der Waals surface area contributed by atoms with Gasteiger partial charge in [-0.2, -0.15) is 5.26 Å². The maximum Gasteiger partial charge on any atom is 0.234 e. The average molecular weight is 383 g/mol. The van der Waals surface area contributed by atoms with Gasteiger partial charge in [0, 0.05) is 25.7 Å². The van der Waals surface area contributed by atoms with E-state index in [4.69, 9.17) is 5.26 Å². The van der Waals surface area contributed by atoms with E-state index in [-0.39, 0.29) is 5.91 Å². The lowest BCUT2D eigenvalue weighted by Gasteiger charge is -2.24. The number of nitriles is 1. The van der Waals surface area contributed by atoms with Gasteiger partial charge >= 0.3 is 0 Å². The Morgan fingerprint density at radius 1 is 0.929 bits per heavy atom. The van der Waals surface area contributed by atoms with E-state index in [9.17, 15) is 4.79 Å². The Kier molecular flexibility index (Phi) is 8.32. The van der Waals surface area contributed by atoms with E-state index in [0.29, 0.717) is 18.2 Å². The van der Waals surface area contributed by atoms with Crippen LogP contribution in [0.25, 0.3) is 0 Å². The van der Waals surface area contributed by atoms with Gasteiger partial charge in [0.15, 0.2) is 0 Å². The third-order valence-electron chi connectivity index (χ3n) is 6.01. The molecule has 1 saturated heterocycles. The first-order valence-electron chi connectivity index (χ1n) is 11.0. The molecule has 1 amide bonds. The SMILES string of the molecule is N#Cc1ccc(CN2CCCN(CC(=O)NC3CCCCCCC3)CC2)cc1. The Bertz CT molecular complexity index is 644. The van der Waals surface area contributed by atoms with Gasteiger partial charge in [-0.15, -0.1) is 0 Å². The summed E-state index contributed by atoms with van der Waals surface area (Å²) in [6.45, 7) is 5.41. The van der Waals surface area contributed by atoms with E-state index in [1.807, 2.05) is 24.3 Å². The van der Waals surface area contributed by atoms with Crippen LogP contribution in [0.4, 0.5) is 0 Å². The van der Waals surface area contributed by atoms with Crippen LogP contribution in [0, 0.1) is 11.3 Å². The lowest BCUT2D eigenvalue weighted by Crippen LogP contribution is -2.43. The van der Waals surface area contributed by atoms with Crippen molar-refractivity contribution in [3.05, 3.63) is 35.4 Å². The Labute approximate surface area is 169 Å². The molecule has 1 aromatic carbocycles. The Morgan fingerprint density at radius 3 is 2.29 bits per heavy atom. The molecule has 0 bridgehead atoms. The summed E-state index contributed by atoms with van der Waals surface area (Å²) in [6.07, 6.45) is 9.85. The first-order chi connectivity index (χ1) is 13.7. The molecule has 0 radical (unpaired) electrons. The van der Waals surface area contributed by atoms with Gasteiger partial charge in [0.2, 0.25) is 5.91 Å². The monoisotopic (exact) mass is 382 g/mol. The molecule has 5 nitrogen and oxygen atoms in total. The molecule has 3 rings (SSSR count). The minimum atomic E-state index is 0.200. The van der Waals surface area contributed by atoms with Gasteiger partial charge in [-0.25, -0.2) is 0 Å². The van der Waals surface area contributed by atoms with Crippen molar-refractivity contribution in [1.29, 1.82) is 5.26 Å². The third-order valence-corrected chi connectivity index (χ3v) is 6.01. The van der Waals surface area contributed by atoms with E-state index in [2.05, 4.69) is 21.2 Å². The Balaban J connectivity index is 1.41. The molecule has 2 fully saturated rings. The molecular weight excluding hydrogens is 348 g/mol. The van der Waals surface area contributed by atoms with Crippen LogP contribution in [0.5, 0.6) is 0 Å². The number of benzene rings is 1. The van der Waals surface area contributed by atoms with Crippen molar-refractivity contribution >= 4 is 5.91 Å². The number of rotatable bonds is 5. The summed E-state index contributed by atoms with van der Waals surface area (Å²) >= 11 is 0. The van der Waals surface area contributed by atoms with Crippen molar-refractivity contribution in [3.8, 4) is 6.07 Å². The molecule has 5 heteroatoms. The molecule has 152 valence electrons. The van der Waals surface area contributed by atoms with Crippen molar-refractivity contribution in [2.45, 2.75) is 64.0 Å². The second-order valence-corrected chi connectivity index (χ2v) is 8.32. The number of nitrogens with one attached hydrogen (secondary N) is 1. The van der Waals surface area contributed by atoms with Gasteiger partial charge in [-0.1, -0.05) is 44.2 Å². The zero-order valence-corrected chi connectivity index (χ0v) is 17.0. The van der Waals surface area contributed by atoms with Crippen molar-refractivity contribution in [1.82, 2.24) is 15.1 Å². The fraction of sp³-hybridized carbons (Fsp3) is 0.652. The summed E-state index contributed by atoms with van der Waals surface area (Å²) in [4.78, 5) is 17.3.